The molecule has 0 aromatic heterocycles. The van der Waals surface area contributed by atoms with E-state index in [0.717, 1.165) is 15.6 Å². The minimum atomic E-state index is -0.0729. The van der Waals surface area contributed by atoms with Crippen LogP contribution in [-0.2, 0) is 11.3 Å². The Bertz CT molecular complexity index is 418. The van der Waals surface area contributed by atoms with Crippen molar-refractivity contribution in [3.8, 4) is 0 Å². The number of benzene rings is 1. The van der Waals surface area contributed by atoms with Gasteiger partial charge in [-0.3, -0.25) is 4.79 Å². The van der Waals surface area contributed by atoms with E-state index >= 15 is 0 Å². The van der Waals surface area contributed by atoms with E-state index in [0.29, 0.717) is 17.6 Å². The molecule has 0 bridgehead atoms. The molecule has 16 heavy (non-hydrogen) atoms. The quantitative estimate of drug-likeness (QED) is 0.638. The molecular formula is C11H12Br2N2O. The van der Waals surface area contributed by atoms with Crippen molar-refractivity contribution in [2.75, 3.05) is 5.33 Å². The molecule has 1 aromatic rings. The zero-order valence-corrected chi connectivity index (χ0v) is 12.0. The van der Waals surface area contributed by atoms with E-state index in [1.54, 1.807) is 0 Å². The fourth-order valence-electron chi connectivity index (χ4n) is 1.29. The number of hydrogen-bond donors (Lipinski definition) is 2. The molecule has 0 aliphatic heterocycles. The van der Waals surface area contributed by atoms with Crippen LogP contribution in [0, 0.1) is 5.41 Å². The van der Waals surface area contributed by atoms with E-state index < -0.39 is 0 Å². The van der Waals surface area contributed by atoms with E-state index in [1.165, 1.54) is 6.92 Å². The summed E-state index contributed by atoms with van der Waals surface area (Å²) in [6.07, 6.45) is 0. The topological polar surface area (TPSA) is 53.0 Å². The smallest absolute Gasteiger partial charge is 0.217 e. The molecule has 0 spiro atoms. The van der Waals surface area contributed by atoms with Crippen LogP contribution in [0.1, 0.15) is 18.1 Å². The molecule has 1 rings (SSSR count). The first-order chi connectivity index (χ1) is 7.54. The van der Waals surface area contributed by atoms with Crippen LogP contribution in [0.15, 0.2) is 22.7 Å². The third-order valence-electron chi connectivity index (χ3n) is 2.05. The van der Waals surface area contributed by atoms with E-state index in [4.69, 9.17) is 5.41 Å². The third kappa shape index (κ3) is 3.72. The number of hydrogen-bond acceptors (Lipinski definition) is 2. The lowest BCUT2D eigenvalue weighted by Crippen LogP contribution is -2.20. The second-order valence-corrected chi connectivity index (χ2v) is 4.80. The summed E-state index contributed by atoms with van der Waals surface area (Å²) < 4.78 is 0.943. The SMILES string of the molecule is CC(=O)NCc1cc(Br)ccc1C(=N)CBr. The lowest BCUT2D eigenvalue weighted by atomic mass is 10.0. The first-order valence-electron chi connectivity index (χ1n) is 4.71. The number of nitrogens with one attached hydrogen (secondary N) is 2. The predicted octanol–water partition coefficient (Wildman–Crippen LogP) is 2.85. The summed E-state index contributed by atoms with van der Waals surface area (Å²) in [5.41, 5.74) is 2.30. The van der Waals surface area contributed by atoms with Crippen LogP contribution in [0.25, 0.3) is 0 Å². The van der Waals surface area contributed by atoms with Crippen LogP contribution in [0.4, 0.5) is 0 Å². The molecule has 0 aliphatic rings. The highest BCUT2D eigenvalue weighted by atomic mass is 79.9. The van der Waals surface area contributed by atoms with E-state index in [2.05, 4.69) is 37.2 Å². The maximum atomic E-state index is 10.9. The van der Waals surface area contributed by atoms with E-state index in [9.17, 15) is 4.79 Å². The molecule has 86 valence electrons. The number of alkyl halides is 1. The maximum absolute atomic E-state index is 10.9. The number of amides is 1. The Balaban J connectivity index is 2.98. The van der Waals surface area contributed by atoms with Crippen molar-refractivity contribution < 1.29 is 4.79 Å². The van der Waals surface area contributed by atoms with Gasteiger partial charge in [0.15, 0.2) is 0 Å². The molecule has 1 amide bonds. The largest absolute Gasteiger partial charge is 0.352 e. The molecule has 0 saturated heterocycles. The van der Waals surface area contributed by atoms with Gasteiger partial charge >= 0.3 is 0 Å². The Labute approximate surface area is 111 Å². The van der Waals surface area contributed by atoms with Crippen LogP contribution in [0.2, 0.25) is 0 Å². The number of carbonyl (C=O) groups excluding carboxylic acids is 1. The summed E-state index contributed by atoms with van der Waals surface area (Å²) in [5.74, 6) is -0.0729. The van der Waals surface area contributed by atoms with Crippen LogP contribution >= 0.6 is 31.9 Å². The van der Waals surface area contributed by atoms with E-state index in [1.807, 2.05) is 18.2 Å². The second-order valence-electron chi connectivity index (χ2n) is 3.32. The molecule has 0 saturated carbocycles. The van der Waals surface area contributed by atoms with Crippen LogP contribution < -0.4 is 5.32 Å². The Morgan fingerprint density at radius 2 is 2.19 bits per heavy atom. The average Bonchev–Trinajstić information content (AvgIpc) is 2.25. The molecule has 3 nitrogen and oxygen atoms in total. The lowest BCUT2D eigenvalue weighted by molar-refractivity contribution is -0.119. The summed E-state index contributed by atoms with van der Waals surface area (Å²) in [7, 11) is 0. The molecule has 0 unspecified atom stereocenters. The minimum absolute atomic E-state index is 0.0729. The van der Waals surface area contributed by atoms with Gasteiger partial charge in [-0.2, -0.15) is 0 Å². The zero-order chi connectivity index (χ0) is 12.1. The minimum Gasteiger partial charge on any atom is -0.352 e. The first kappa shape index (κ1) is 13.4. The van der Waals surface area contributed by atoms with Gasteiger partial charge in [0.05, 0.1) is 0 Å². The molecular weight excluding hydrogens is 336 g/mol. The summed E-state index contributed by atoms with van der Waals surface area (Å²) in [4.78, 5) is 10.9. The van der Waals surface area contributed by atoms with Crippen LogP contribution in [0.5, 0.6) is 0 Å². The highest BCUT2D eigenvalue weighted by Gasteiger charge is 2.07. The van der Waals surface area contributed by atoms with E-state index in [-0.39, 0.29) is 5.91 Å². The number of halogens is 2. The number of rotatable bonds is 4. The van der Waals surface area contributed by atoms with Crippen molar-refractivity contribution in [3.63, 3.8) is 0 Å². The summed E-state index contributed by atoms with van der Waals surface area (Å²) in [6, 6.07) is 5.69. The Morgan fingerprint density at radius 3 is 2.75 bits per heavy atom. The van der Waals surface area contributed by atoms with Gasteiger partial charge in [0.1, 0.15) is 0 Å². The molecule has 0 aliphatic carbocycles. The monoisotopic (exact) mass is 346 g/mol. The van der Waals surface area contributed by atoms with Gasteiger partial charge in [-0.05, 0) is 17.7 Å². The van der Waals surface area contributed by atoms with Gasteiger partial charge in [0.2, 0.25) is 5.91 Å². The predicted molar refractivity (Wildman–Crippen MR) is 72.3 cm³/mol. The van der Waals surface area contributed by atoms with Crippen molar-refractivity contribution in [3.05, 3.63) is 33.8 Å². The molecule has 0 atom stereocenters. The fraction of sp³-hybridized carbons (Fsp3) is 0.273. The van der Waals surface area contributed by atoms with Gasteiger partial charge in [0.25, 0.3) is 0 Å². The Hall–Kier alpha value is -0.680. The van der Waals surface area contributed by atoms with Gasteiger partial charge in [-0.1, -0.05) is 37.9 Å². The fourth-order valence-corrected chi connectivity index (χ4v) is 2.01. The van der Waals surface area contributed by atoms with Gasteiger partial charge < -0.3 is 10.7 Å². The highest BCUT2D eigenvalue weighted by molar-refractivity contribution is 9.10. The molecule has 5 heteroatoms. The van der Waals surface area contributed by atoms with Crippen molar-refractivity contribution in [2.45, 2.75) is 13.5 Å². The van der Waals surface area contributed by atoms with Gasteiger partial charge in [-0.15, -0.1) is 0 Å². The zero-order valence-electron chi connectivity index (χ0n) is 8.81. The van der Waals surface area contributed by atoms with Gasteiger partial charge in [0, 0.05) is 34.5 Å². The summed E-state index contributed by atoms with van der Waals surface area (Å²) in [6.45, 7) is 1.92. The molecule has 0 radical (unpaired) electrons. The molecule has 0 fully saturated rings. The molecule has 0 heterocycles. The highest BCUT2D eigenvalue weighted by Crippen LogP contribution is 2.17. The molecule has 2 N–H and O–H groups in total. The van der Waals surface area contributed by atoms with Gasteiger partial charge in [-0.25, -0.2) is 0 Å². The summed E-state index contributed by atoms with van der Waals surface area (Å²) >= 11 is 6.64. The first-order valence-corrected chi connectivity index (χ1v) is 6.62. The average molecular weight is 348 g/mol. The van der Waals surface area contributed by atoms with Crippen molar-refractivity contribution in [1.82, 2.24) is 5.32 Å². The molecule has 1 aromatic carbocycles. The standard InChI is InChI=1S/C11H12Br2N2O/c1-7(16)15-6-8-4-9(13)2-3-10(8)11(14)5-12/h2-4,14H,5-6H2,1H3,(H,15,16). The lowest BCUT2D eigenvalue weighted by Gasteiger charge is -2.10. The number of carbonyl (C=O) groups is 1. The van der Waals surface area contributed by atoms with Crippen molar-refractivity contribution in [2.24, 2.45) is 0 Å². The Kier molecular flexibility index (Phi) is 5.15. The van der Waals surface area contributed by atoms with Crippen molar-refractivity contribution >= 4 is 43.5 Å². The third-order valence-corrected chi connectivity index (χ3v) is 3.11. The normalized spacial score (nSPS) is 9.94. The maximum Gasteiger partial charge on any atom is 0.217 e. The van der Waals surface area contributed by atoms with Crippen LogP contribution in [0.3, 0.4) is 0 Å². The van der Waals surface area contributed by atoms with Crippen molar-refractivity contribution in [1.29, 1.82) is 5.41 Å². The Morgan fingerprint density at radius 1 is 1.50 bits per heavy atom. The summed E-state index contributed by atoms with van der Waals surface area (Å²) in [5, 5.41) is 11.0. The second kappa shape index (κ2) is 6.15. The van der Waals surface area contributed by atoms with Crippen LogP contribution in [-0.4, -0.2) is 16.9 Å².